The highest BCUT2D eigenvalue weighted by Gasteiger charge is 2.10. The van der Waals surface area contributed by atoms with Crippen LogP contribution in [0.25, 0.3) is 10.1 Å². The molecule has 1 aromatic heterocycles. The first-order valence-electron chi connectivity index (χ1n) is 3.24. The van der Waals surface area contributed by atoms with E-state index in [1.807, 2.05) is 0 Å². The summed E-state index contributed by atoms with van der Waals surface area (Å²) in [6.07, 6.45) is 0. The molecular weight excluding hydrogens is 243 g/mol. The van der Waals surface area contributed by atoms with Crippen LogP contribution in [0.3, 0.4) is 0 Å². The van der Waals surface area contributed by atoms with E-state index in [-0.39, 0.29) is 5.75 Å². The van der Waals surface area contributed by atoms with E-state index in [4.69, 9.17) is 5.11 Å². The lowest BCUT2D eigenvalue weighted by atomic mass is 10.2. The first-order chi connectivity index (χ1) is 5.70. The molecule has 4 heteroatoms. The van der Waals surface area contributed by atoms with E-state index < -0.39 is 5.82 Å². The van der Waals surface area contributed by atoms with Gasteiger partial charge in [-0.15, -0.1) is 11.3 Å². The van der Waals surface area contributed by atoms with Crippen molar-refractivity contribution in [2.24, 2.45) is 0 Å². The second kappa shape index (κ2) is 2.71. The number of aromatic hydroxyl groups is 1. The average Bonchev–Trinajstić information content (AvgIpc) is 2.41. The number of phenols is 1. The zero-order valence-corrected chi connectivity index (χ0v) is 8.25. The highest BCUT2D eigenvalue weighted by Crippen LogP contribution is 2.35. The molecule has 62 valence electrons. The smallest absolute Gasteiger partial charge is 0.174 e. The summed E-state index contributed by atoms with van der Waals surface area (Å²) < 4.78 is 14.7. The normalized spacial score (nSPS) is 10.8. The fraction of sp³-hybridized carbons (Fsp3) is 0. The monoisotopic (exact) mass is 246 g/mol. The van der Waals surface area contributed by atoms with Crippen LogP contribution in [0.5, 0.6) is 5.75 Å². The van der Waals surface area contributed by atoms with Crippen LogP contribution < -0.4 is 0 Å². The van der Waals surface area contributed by atoms with Gasteiger partial charge in [-0.3, -0.25) is 0 Å². The molecule has 0 aliphatic heterocycles. The number of benzene rings is 1. The van der Waals surface area contributed by atoms with E-state index >= 15 is 0 Å². The third-order valence-corrected chi connectivity index (χ3v) is 3.49. The minimum atomic E-state index is -0.555. The van der Waals surface area contributed by atoms with Gasteiger partial charge < -0.3 is 5.11 Å². The molecule has 2 aromatic rings. The molecule has 0 fully saturated rings. The van der Waals surface area contributed by atoms with Crippen LogP contribution in [-0.4, -0.2) is 5.11 Å². The molecule has 0 atom stereocenters. The van der Waals surface area contributed by atoms with Crippen LogP contribution >= 0.6 is 27.3 Å². The summed E-state index contributed by atoms with van der Waals surface area (Å²) in [5, 5.41) is 11.3. The molecule has 0 saturated heterocycles. The second-order valence-electron chi connectivity index (χ2n) is 2.36. The summed E-state index contributed by atoms with van der Waals surface area (Å²) in [6.45, 7) is 0. The van der Waals surface area contributed by atoms with Crippen molar-refractivity contribution >= 4 is 37.4 Å². The van der Waals surface area contributed by atoms with Crippen LogP contribution in [0.2, 0.25) is 0 Å². The first kappa shape index (κ1) is 8.01. The van der Waals surface area contributed by atoms with Crippen molar-refractivity contribution in [1.82, 2.24) is 0 Å². The maximum absolute atomic E-state index is 13.2. The van der Waals surface area contributed by atoms with Gasteiger partial charge in [0.15, 0.2) is 11.6 Å². The number of hydrogen-bond donors (Lipinski definition) is 1. The SMILES string of the molecule is Oc1ccc2scc(Br)c2c1F. The Morgan fingerprint density at radius 2 is 2.17 bits per heavy atom. The largest absolute Gasteiger partial charge is 0.505 e. The first-order valence-corrected chi connectivity index (χ1v) is 4.91. The Balaban J connectivity index is 2.96. The molecule has 0 radical (unpaired) electrons. The van der Waals surface area contributed by atoms with Crippen molar-refractivity contribution in [3.05, 3.63) is 27.8 Å². The van der Waals surface area contributed by atoms with Gasteiger partial charge >= 0.3 is 0 Å². The molecule has 0 aliphatic rings. The predicted octanol–water partition coefficient (Wildman–Crippen LogP) is 3.51. The Labute approximate surface area is 80.6 Å². The summed E-state index contributed by atoms with van der Waals surface area (Å²) >= 11 is 4.65. The molecule has 1 N–H and O–H groups in total. The number of hydrogen-bond acceptors (Lipinski definition) is 2. The quantitative estimate of drug-likeness (QED) is 0.755. The van der Waals surface area contributed by atoms with Crippen molar-refractivity contribution in [1.29, 1.82) is 0 Å². The third kappa shape index (κ3) is 1.03. The molecule has 0 amide bonds. The Kier molecular flexibility index (Phi) is 1.81. The van der Waals surface area contributed by atoms with Gasteiger partial charge in [-0.25, -0.2) is 4.39 Å². The Morgan fingerprint density at radius 1 is 1.42 bits per heavy atom. The van der Waals surface area contributed by atoms with E-state index in [9.17, 15) is 4.39 Å². The second-order valence-corrected chi connectivity index (χ2v) is 4.12. The van der Waals surface area contributed by atoms with E-state index in [0.29, 0.717) is 9.86 Å². The molecule has 0 aliphatic carbocycles. The fourth-order valence-corrected chi connectivity index (χ4v) is 2.65. The van der Waals surface area contributed by atoms with E-state index in [0.717, 1.165) is 4.70 Å². The summed E-state index contributed by atoms with van der Waals surface area (Å²) in [7, 11) is 0. The van der Waals surface area contributed by atoms with Gasteiger partial charge in [-0.2, -0.15) is 0 Å². The van der Waals surface area contributed by atoms with E-state index in [2.05, 4.69) is 15.9 Å². The summed E-state index contributed by atoms with van der Waals surface area (Å²) in [6, 6.07) is 3.06. The zero-order chi connectivity index (χ0) is 8.72. The zero-order valence-electron chi connectivity index (χ0n) is 5.84. The molecule has 0 unspecified atom stereocenters. The molecule has 0 spiro atoms. The van der Waals surface area contributed by atoms with Gasteiger partial charge in [0, 0.05) is 19.9 Å². The lowest BCUT2D eigenvalue weighted by molar-refractivity contribution is 0.436. The van der Waals surface area contributed by atoms with E-state index in [1.54, 1.807) is 11.4 Å². The molecule has 2 rings (SSSR count). The molecule has 1 heterocycles. The lowest BCUT2D eigenvalue weighted by Crippen LogP contribution is -1.76. The molecule has 12 heavy (non-hydrogen) atoms. The predicted molar refractivity (Wildman–Crippen MR) is 51.1 cm³/mol. The number of rotatable bonds is 0. The van der Waals surface area contributed by atoms with Crippen LogP contribution in [0.4, 0.5) is 4.39 Å². The van der Waals surface area contributed by atoms with Crippen LogP contribution in [0.1, 0.15) is 0 Å². The van der Waals surface area contributed by atoms with Crippen molar-refractivity contribution in [3.63, 3.8) is 0 Å². The molecule has 1 aromatic carbocycles. The number of phenolic OH excluding ortho intramolecular Hbond substituents is 1. The fourth-order valence-electron chi connectivity index (χ4n) is 1.04. The van der Waals surface area contributed by atoms with Crippen LogP contribution in [-0.2, 0) is 0 Å². The summed E-state index contributed by atoms with van der Waals surface area (Å²) in [5.41, 5.74) is 0. The maximum Gasteiger partial charge on any atom is 0.174 e. The number of fused-ring (bicyclic) bond motifs is 1. The minimum Gasteiger partial charge on any atom is -0.505 e. The Morgan fingerprint density at radius 3 is 2.92 bits per heavy atom. The summed E-state index contributed by atoms with van der Waals surface area (Å²) in [4.78, 5) is 0. The highest BCUT2D eigenvalue weighted by atomic mass is 79.9. The summed E-state index contributed by atoms with van der Waals surface area (Å²) in [5.74, 6) is -0.859. The van der Waals surface area contributed by atoms with Gasteiger partial charge in [0.2, 0.25) is 0 Å². The van der Waals surface area contributed by atoms with Crippen molar-refractivity contribution in [2.75, 3.05) is 0 Å². The molecule has 0 saturated carbocycles. The molecule has 0 bridgehead atoms. The van der Waals surface area contributed by atoms with Gasteiger partial charge in [0.1, 0.15) is 0 Å². The third-order valence-electron chi connectivity index (χ3n) is 1.61. The minimum absolute atomic E-state index is 0.304. The standard InChI is InChI=1S/C8H4BrFOS/c9-4-3-12-6-2-1-5(11)8(10)7(4)6/h1-3,11H. The van der Waals surface area contributed by atoms with Gasteiger partial charge in [-0.05, 0) is 28.1 Å². The lowest BCUT2D eigenvalue weighted by Gasteiger charge is -1.96. The topological polar surface area (TPSA) is 20.2 Å². The van der Waals surface area contributed by atoms with Crippen LogP contribution in [0.15, 0.2) is 22.0 Å². The van der Waals surface area contributed by atoms with Crippen molar-refractivity contribution in [3.8, 4) is 5.75 Å². The van der Waals surface area contributed by atoms with E-state index in [1.165, 1.54) is 17.4 Å². The Bertz CT molecular complexity index is 438. The maximum atomic E-state index is 13.2. The average molecular weight is 247 g/mol. The number of thiophene rings is 1. The van der Waals surface area contributed by atoms with Gasteiger partial charge in [-0.1, -0.05) is 0 Å². The van der Waals surface area contributed by atoms with Crippen LogP contribution in [0, 0.1) is 5.82 Å². The molecular formula is C8H4BrFOS. The van der Waals surface area contributed by atoms with Gasteiger partial charge in [0.25, 0.3) is 0 Å². The highest BCUT2D eigenvalue weighted by molar-refractivity contribution is 9.10. The van der Waals surface area contributed by atoms with Crippen molar-refractivity contribution < 1.29 is 9.50 Å². The van der Waals surface area contributed by atoms with Crippen molar-refractivity contribution in [2.45, 2.75) is 0 Å². The Hall–Kier alpha value is -0.610. The molecule has 1 nitrogen and oxygen atoms in total. The number of halogens is 2. The van der Waals surface area contributed by atoms with Gasteiger partial charge in [0.05, 0.1) is 0 Å².